The lowest BCUT2D eigenvalue weighted by molar-refractivity contribution is 0.422. The molecule has 0 radical (unpaired) electrons. The maximum Gasteiger partial charge on any atom is 0.101 e. The number of nitrogens with zero attached hydrogens (tertiary/aromatic N) is 1. The number of rotatable bonds is 5. The van der Waals surface area contributed by atoms with E-state index >= 15 is 0 Å². The first-order chi connectivity index (χ1) is 9.85. The molecule has 0 saturated carbocycles. The molecule has 114 valence electrons. The van der Waals surface area contributed by atoms with Crippen LogP contribution < -0.4 is 5.32 Å². The lowest BCUT2D eigenvalue weighted by Gasteiger charge is -2.21. The number of hydrogen-bond acceptors (Lipinski definition) is 3. The molecule has 0 bridgehead atoms. The van der Waals surface area contributed by atoms with Crippen LogP contribution in [-0.4, -0.2) is 16.3 Å². The zero-order valence-electron chi connectivity index (χ0n) is 13.7. The van der Waals surface area contributed by atoms with Gasteiger partial charge >= 0.3 is 0 Å². The van der Waals surface area contributed by atoms with Crippen molar-refractivity contribution in [3.8, 4) is 0 Å². The molecule has 2 nitrogen and oxygen atoms in total. The normalized spacial score (nSPS) is 12.3. The molecule has 1 N–H and O–H groups in total. The van der Waals surface area contributed by atoms with Crippen molar-refractivity contribution < 1.29 is 0 Å². The number of nitrogens with one attached hydrogen (secondary N) is 1. The fraction of sp³-hybridized carbons (Fsp3) is 0.500. The van der Waals surface area contributed by atoms with Crippen LogP contribution >= 0.6 is 11.8 Å². The van der Waals surface area contributed by atoms with Crippen LogP contribution in [0.15, 0.2) is 35.4 Å². The molecule has 0 aliphatic rings. The second-order valence-corrected chi connectivity index (χ2v) is 7.96. The summed E-state index contributed by atoms with van der Waals surface area (Å²) in [5.41, 5.74) is 2.50. The van der Waals surface area contributed by atoms with E-state index in [9.17, 15) is 0 Å². The molecule has 0 saturated heterocycles. The van der Waals surface area contributed by atoms with Gasteiger partial charge in [0.2, 0.25) is 0 Å². The van der Waals surface area contributed by atoms with E-state index in [1.165, 1.54) is 16.0 Å². The molecule has 0 fully saturated rings. The van der Waals surface area contributed by atoms with Crippen molar-refractivity contribution >= 4 is 22.7 Å². The summed E-state index contributed by atoms with van der Waals surface area (Å²) in [5.74, 6) is 1.78. The summed E-state index contributed by atoms with van der Waals surface area (Å²) in [7, 11) is 0. The van der Waals surface area contributed by atoms with Crippen LogP contribution in [0.3, 0.4) is 0 Å². The minimum Gasteiger partial charge on any atom is -0.308 e. The molecule has 0 aliphatic carbocycles. The Morgan fingerprint density at radius 2 is 1.90 bits per heavy atom. The summed E-state index contributed by atoms with van der Waals surface area (Å²) in [5, 5.41) is 5.96. The molecule has 1 aromatic heterocycles. The molecule has 0 spiro atoms. The molecule has 0 aliphatic heterocycles. The van der Waals surface area contributed by atoms with Crippen molar-refractivity contribution in [3.05, 3.63) is 35.9 Å². The fourth-order valence-electron chi connectivity index (χ4n) is 2.00. The Balaban J connectivity index is 2.31. The van der Waals surface area contributed by atoms with Crippen molar-refractivity contribution in [2.24, 2.45) is 5.92 Å². The Hall–Kier alpha value is -1.06. The van der Waals surface area contributed by atoms with Crippen LogP contribution in [-0.2, 0) is 6.54 Å². The molecular formula is C18H26N2S. The monoisotopic (exact) mass is 302 g/mol. The van der Waals surface area contributed by atoms with Gasteiger partial charge in [0, 0.05) is 23.2 Å². The molecule has 0 amide bonds. The fourth-order valence-corrected chi connectivity index (χ4v) is 2.97. The zero-order chi connectivity index (χ0) is 15.5. The topological polar surface area (TPSA) is 24.9 Å². The quantitative estimate of drug-likeness (QED) is 0.798. The van der Waals surface area contributed by atoms with Crippen LogP contribution in [0.25, 0.3) is 10.9 Å². The number of para-hydroxylation sites is 1. The smallest absolute Gasteiger partial charge is 0.101 e. The molecule has 0 atom stereocenters. The van der Waals surface area contributed by atoms with E-state index in [1.54, 1.807) is 0 Å². The van der Waals surface area contributed by atoms with Crippen molar-refractivity contribution in [2.45, 2.75) is 51.7 Å². The Labute approximate surface area is 132 Å². The molecule has 1 aromatic carbocycles. The molecule has 0 unspecified atom stereocenters. The van der Waals surface area contributed by atoms with Crippen LogP contribution in [0.4, 0.5) is 0 Å². The Kier molecular flexibility index (Phi) is 5.28. The Morgan fingerprint density at radius 1 is 1.19 bits per heavy atom. The van der Waals surface area contributed by atoms with Crippen molar-refractivity contribution in [1.29, 1.82) is 0 Å². The summed E-state index contributed by atoms with van der Waals surface area (Å²) < 4.78 is 0. The maximum absolute atomic E-state index is 4.87. The van der Waals surface area contributed by atoms with Gasteiger partial charge in [-0.3, -0.25) is 0 Å². The third-order valence-electron chi connectivity index (χ3n) is 3.13. The SMILES string of the molecule is CC(C)CSc1nc2ccccc2cc1CNC(C)(C)C. The van der Waals surface area contributed by atoms with Crippen LogP contribution in [0.2, 0.25) is 0 Å². The van der Waals surface area contributed by atoms with E-state index < -0.39 is 0 Å². The molecule has 3 heteroatoms. The van der Waals surface area contributed by atoms with Gasteiger partial charge < -0.3 is 5.32 Å². The number of hydrogen-bond donors (Lipinski definition) is 1. The Bertz CT molecular complexity index is 600. The predicted molar refractivity (Wildman–Crippen MR) is 93.9 cm³/mol. The number of aromatic nitrogens is 1. The average Bonchev–Trinajstić information content (AvgIpc) is 2.41. The number of benzene rings is 1. The highest BCUT2D eigenvalue weighted by Crippen LogP contribution is 2.26. The molecule has 1 heterocycles. The van der Waals surface area contributed by atoms with Crippen molar-refractivity contribution in [1.82, 2.24) is 10.3 Å². The van der Waals surface area contributed by atoms with Gasteiger partial charge in [-0.2, -0.15) is 0 Å². The highest BCUT2D eigenvalue weighted by molar-refractivity contribution is 7.99. The summed E-state index contributed by atoms with van der Waals surface area (Å²) in [6.45, 7) is 12.0. The summed E-state index contributed by atoms with van der Waals surface area (Å²) >= 11 is 1.87. The molecule has 2 rings (SSSR count). The average molecular weight is 302 g/mol. The van der Waals surface area contributed by atoms with Gasteiger partial charge in [-0.15, -0.1) is 11.8 Å². The molecule has 2 aromatic rings. The number of pyridine rings is 1. The summed E-state index contributed by atoms with van der Waals surface area (Å²) in [6, 6.07) is 10.6. The summed E-state index contributed by atoms with van der Waals surface area (Å²) in [4.78, 5) is 4.87. The van der Waals surface area contributed by atoms with E-state index in [2.05, 4.69) is 70.3 Å². The van der Waals surface area contributed by atoms with Gasteiger partial charge in [-0.25, -0.2) is 4.98 Å². The Morgan fingerprint density at radius 3 is 2.57 bits per heavy atom. The van der Waals surface area contributed by atoms with Gasteiger partial charge in [0.05, 0.1) is 5.52 Å². The summed E-state index contributed by atoms with van der Waals surface area (Å²) in [6.07, 6.45) is 0. The van der Waals surface area contributed by atoms with Crippen LogP contribution in [0.1, 0.15) is 40.2 Å². The van der Waals surface area contributed by atoms with Crippen molar-refractivity contribution in [2.75, 3.05) is 5.75 Å². The third kappa shape index (κ3) is 5.01. The van der Waals surface area contributed by atoms with Gasteiger partial charge in [-0.05, 0) is 44.4 Å². The lowest BCUT2D eigenvalue weighted by Crippen LogP contribution is -2.35. The van der Waals surface area contributed by atoms with Gasteiger partial charge in [0.15, 0.2) is 0 Å². The maximum atomic E-state index is 4.87. The van der Waals surface area contributed by atoms with Crippen molar-refractivity contribution in [3.63, 3.8) is 0 Å². The van der Waals surface area contributed by atoms with Crippen LogP contribution in [0, 0.1) is 5.92 Å². The van der Waals surface area contributed by atoms with E-state index in [-0.39, 0.29) is 5.54 Å². The van der Waals surface area contributed by atoms with E-state index in [4.69, 9.17) is 4.98 Å². The standard InChI is InChI=1S/C18H26N2S/c1-13(2)12-21-17-15(11-19-18(3,4)5)10-14-8-6-7-9-16(14)20-17/h6-10,13,19H,11-12H2,1-5H3. The first kappa shape index (κ1) is 16.3. The molecule has 21 heavy (non-hydrogen) atoms. The van der Waals surface area contributed by atoms with Gasteiger partial charge in [0.1, 0.15) is 5.03 Å². The highest BCUT2D eigenvalue weighted by Gasteiger charge is 2.13. The number of thioether (sulfide) groups is 1. The number of fused-ring (bicyclic) bond motifs is 1. The first-order valence-electron chi connectivity index (χ1n) is 7.61. The van der Waals surface area contributed by atoms with Crippen LogP contribution in [0.5, 0.6) is 0 Å². The third-order valence-corrected chi connectivity index (χ3v) is 4.59. The second-order valence-electron chi connectivity index (χ2n) is 6.95. The molecular weight excluding hydrogens is 276 g/mol. The van der Waals surface area contributed by atoms with E-state index in [0.717, 1.165) is 17.8 Å². The first-order valence-corrected chi connectivity index (χ1v) is 8.60. The second kappa shape index (κ2) is 6.80. The van der Waals surface area contributed by atoms with E-state index in [1.807, 2.05) is 11.8 Å². The lowest BCUT2D eigenvalue weighted by atomic mass is 10.1. The van der Waals surface area contributed by atoms with Gasteiger partial charge in [-0.1, -0.05) is 32.0 Å². The van der Waals surface area contributed by atoms with Gasteiger partial charge in [0.25, 0.3) is 0 Å². The minimum atomic E-state index is 0.117. The van der Waals surface area contributed by atoms with E-state index in [0.29, 0.717) is 5.92 Å². The zero-order valence-corrected chi connectivity index (χ0v) is 14.6. The minimum absolute atomic E-state index is 0.117. The largest absolute Gasteiger partial charge is 0.308 e. The predicted octanol–water partition coefficient (Wildman–Crippen LogP) is 4.87. The highest BCUT2D eigenvalue weighted by atomic mass is 32.2.